The van der Waals surface area contributed by atoms with E-state index < -0.39 is 0 Å². The third-order valence-corrected chi connectivity index (χ3v) is 4.78. The second kappa shape index (κ2) is 7.82. The molecule has 1 aromatic carbocycles. The fraction of sp³-hybridized carbons (Fsp3) is 0.467. The third kappa shape index (κ3) is 4.73. The molecule has 0 amide bonds. The highest BCUT2D eigenvalue weighted by molar-refractivity contribution is 7.98. The Hall–Kier alpha value is -1.04. The maximum absolute atomic E-state index is 6.12. The molecule has 0 radical (unpaired) electrons. The van der Waals surface area contributed by atoms with Gasteiger partial charge in [0.1, 0.15) is 0 Å². The smallest absolute Gasteiger partial charge is 0.228 e. The van der Waals surface area contributed by atoms with Gasteiger partial charge in [0.25, 0.3) is 0 Å². The van der Waals surface area contributed by atoms with Crippen LogP contribution in [0.2, 0.25) is 5.02 Å². The number of hydrogen-bond donors (Lipinski definition) is 1. The Bertz CT molecular complexity index is 574. The lowest BCUT2D eigenvalue weighted by molar-refractivity contribution is 0.333. The summed E-state index contributed by atoms with van der Waals surface area (Å²) in [6.07, 6.45) is 0.748. The van der Waals surface area contributed by atoms with E-state index in [9.17, 15) is 0 Å². The Morgan fingerprint density at radius 2 is 2.10 bits per heavy atom. The molecule has 1 heterocycles. The highest BCUT2D eigenvalue weighted by atomic mass is 35.5. The number of hydrogen-bond acceptors (Lipinski definition) is 5. The van der Waals surface area contributed by atoms with Crippen LogP contribution in [-0.4, -0.2) is 23.2 Å². The van der Waals surface area contributed by atoms with Crippen LogP contribution in [0.4, 0.5) is 0 Å². The van der Waals surface area contributed by atoms with Crippen LogP contribution < -0.4 is 5.32 Å². The number of rotatable bonds is 7. The lowest BCUT2D eigenvalue weighted by Gasteiger charge is -2.17. The molecule has 0 fully saturated rings. The second-order valence-corrected chi connectivity index (χ2v) is 6.59. The number of aromatic nitrogens is 2. The van der Waals surface area contributed by atoms with Gasteiger partial charge in [-0.3, -0.25) is 0 Å². The average Bonchev–Trinajstić information content (AvgIpc) is 2.91. The molecule has 0 aliphatic carbocycles. The summed E-state index contributed by atoms with van der Waals surface area (Å²) in [6, 6.07) is 8.10. The summed E-state index contributed by atoms with van der Waals surface area (Å²) in [6.45, 7) is 4.34. The molecule has 4 nitrogen and oxygen atoms in total. The van der Waals surface area contributed by atoms with Crippen molar-refractivity contribution in [2.45, 2.75) is 37.0 Å². The molecule has 0 spiro atoms. The van der Waals surface area contributed by atoms with Gasteiger partial charge < -0.3 is 9.84 Å². The molecule has 1 unspecified atom stereocenters. The SMILES string of the molecule is CNC(Cc1nc(CSc2ccccc2Cl)no1)C(C)C. The first-order valence-corrected chi connectivity index (χ1v) is 8.32. The fourth-order valence-electron chi connectivity index (χ4n) is 1.99. The van der Waals surface area contributed by atoms with E-state index in [-0.39, 0.29) is 0 Å². The van der Waals surface area contributed by atoms with Gasteiger partial charge in [-0.05, 0) is 25.1 Å². The first-order chi connectivity index (χ1) is 10.1. The van der Waals surface area contributed by atoms with Crippen LogP contribution in [0.15, 0.2) is 33.7 Å². The van der Waals surface area contributed by atoms with Crippen molar-refractivity contribution in [2.75, 3.05) is 7.05 Å². The standard InChI is InChI=1S/C15H20ClN3OS/c1-10(2)12(17-3)8-15-18-14(19-20-15)9-21-13-7-5-4-6-11(13)16/h4-7,10,12,17H,8-9H2,1-3H3. The molecule has 1 aromatic heterocycles. The topological polar surface area (TPSA) is 51.0 Å². The van der Waals surface area contributed by atoms with Gasteiger partial charge in [0.2, 0.25) is 5.89 Å². The zero-order valence-electron chi connectivity index (χ0n) is 12.5. The van der Waals surface area contributed by atoms with E-state index >= 15 is 0 Å². The third-order valence-electron chi connectivity index (χ3n) is 3.27. The van der Waals surface area contributed by atoms with E-state index in [0.29, 0.717) is 29.4 Å². The Morgan fingerprint density at radius 3 is 2.76 bits per heavy atom. The quantitative estimate of drug-likeness (QED) is 0.785. The molecule has 2 aromatic rings. The molecule has 2 rings (SSSR count). The summed E-state index contributed by atoms with van der Waals surface area (Å²) in [7, 11) is 1.95. The molecule has 0 saturated carbocycles. The first-order valence-electron chi connectivity index (χ1n) is 6.96. The summed E-state index contributed by atoms with van der Waals surface area (Å²) >= 11 is 7.74. The van der Waals surface area contributed by atoms with Gasteiger partial charge in [-0.2, -0.15) is 4.98 Å². The average molecular weight is 326 g/mol. The van der Waals surface area contributed by atoms with Gasteiger partial charge in [0.15, 0.2) is 5.82 Å². The number of benzene rings is 1. The van der Waals surface area contributed by atoms with Crippen molar-refractivity contribution < 1.29 is 4.52 Å². The molecule has 0 bridgehead atoms. The maximum atomic E-state index is 6.12. The Labute approximate surface area is 134 Å². The predicted octanol–water partition coefficient (Wildman–Crippen LogP) is 3.80. The number of nitrogens with zero attached hydrogens (tertiary/aromatic N) is 2. The zero-order valence-corrected chi connectivity index (χ0v) is 14.0. The van der Waals surface area contributed by atoms with Crippen molar-refractivity contribution >= 4 is 23.4 Å². The van der Waals surface area contributed by atoms with E-state index in [1.165, 1.54) is 0 Å². The van der Waals surface area contributed by atoms with E-state index in [1.807, 2.05) is 31.3 Å². The summed E-state index contributed by atoms with van der Waals surface area (Å²) in [5, 5.41) is 8.06. The molecule has 1 atom stereocenters. The van der Waals surface area contributed by atoms with Gasteiger partial charge in [0.05, 0.1) is 10.8 Å². The van der Waals surface area contributed by atoms with E-state index in [4.69, 9.17) is 16.1 Å². The molecular weight excluding hydrogens is 306 g/mol. The van der Waals surface area contributed by atoms with Gasteiger partial charge in [0, 0.05) is 17.4 Å². The van der Waals surface area contributed by atoms with Crippen LogP contribution in [0.3, 0.4) is 0 Å². The Morgan fingerprint density at radius 1 is 1.33 bits per heavy atom. The van der Waals surface area contributed by atoms with Crippen LogP contribution >= 0.6 is 23.4 Å². The summed E-state index contributed by atoms with van der Waals surface area (Å²) in [4.78, 5) is 5.47. The van der Waals surface area contributed by atoms with Crippen molar-refractivity contribution in [1.29, 1.82) is 0 Å². The minimum absolute atomic E-state index is 0.342. The lowest BCUT2D eigenvalue weighted by atomic mass is 10.0. The highest BCUT2D eigenvalue weighted by Crippen LogP contribution is 2.28. The zero-order chi connectivity index (χ0) is 15.2. The molecule has 1 N–H and O–H groups in total. The van der Waals surface area contributed by atoms with Crippen molar-refractivity contribution in [3.63, 3.8) is 0 Å². The van der Waals surface area contributed by atoms with Crippen LogP contribution in [0.25, 0.3) is 0 Å². The van der Waals surface area contributed by atoms with Crippen molar-refractivity contribution in [3.05, 3.63) is 41.0 Å². The number of thioether (sulfide) groups is 1. The van der Waals surface area contributed by atoms with Crippen LogP contribution in [0, 0.1) is 5.92 Å². The van der Waals surface area contributed by atoms with Gasteiger partial charge in [-0.25, -0.2) is 0 Å². The molecule has 0 aliphatic heterocycles. The summed E-state index contributed by atoms with van der Waals surface area (Å²) in [5.41, 5.74) is 0. The molecule has 114 valence electrons. The van der Waals surface area contributed by atoms with E-state index in [2.05, 4.69) is 29.3 Å². The van der Waals surface area contributed by atoms with Crippen molar-refractivity contribution in [1.82, 2.24) is 15.5 Å². The number of likely N-dealkylation sites (N-methyl/N-ethyl adjacent to an activating group) is 1. The van der Waals surface area contributed by atoms with Gasteiger partial charge >= 0.3 is 0 Å². The molecule has 0 aliphatic rings. The van der Waals surface area contributed by atoms with Crippen molar-refractivity contribution in [3.8, 4) is 0 Å². The van der Waals surface area contributed by atoms with Crippen LogP contribution in [-0.2, 0) is 12.2 Å². The normalized spacial score (nSPS) is 12.8. The molecule has 21 heavy (non-hydrogen) atoms. The largest absolute Gasteiger partial charge is 0.339 e. The van der Waals surface area contributed by atoms with Gasteiger partial charge in [-0.15, -0.1) is 11.8 Å². The molecule has 0 saturated heterocycles. The molecule has 6 heteroatoms. The second-order valence-electron chi connectivity index (χ2n) is 5.17. The Balaban J connectivity index is 1.93. The Kier molecular flexibility index (Phi) is 6.08. The first kappa shape index (κ1) is 16.3. The van der Waals surface area contributed by atoms with Gasteiger partial charge in [-0.1, -0.05) is 42.7 Å². The highest BCUT2D eigenvalue weighted by Gasteiger charge is 2.16. The summed E-state index contributed by atoms with van der Waals surface area (Å²) < 4.78 is 5.32. The number of halogens is 1. The predicted molar refractivity (Wildman–Crippen MR) is 86.7 cm³/mol. The minimum atomic E-state index is 0.342. The maximum Gasteiger partial charge on any atom is 0.228 e. The fourth-order valence-corrected chi connectivity index (χ4v) is 3.08. The minimum Gasteiger partial charge on any atom is -0.339 e. The number of nitrogens with one attached hydrogen (secondary N) is 1. The lowest BCUT2D eigenvalue weighted by Crippen LogP contribution is -2.32. The monoisotopic (exact) mass is 325 g/mol. The summed E-state index contributed by atoms with van der Waals surface area (Å²) in [5.74, 6) is 2.55. The van der Waals surface area contributed by atoms with E-state index in [1.54, 1.807) is 11.8 Å². The van der Waals surface area contributed by atoms with E-state index in [0.717, 1.165) is 16.3 Å². The van der Waals surface area contributed by atoms with Crippen LogP contribution in [0.5, 0.6) is 0 Å². The van der Waals surface area contributed by atoms with Crippen molar-refractivity contribution in [2.24, 2.45) is 5.92 Å². The molecular formula is C15H20ClN3OS. The van der Waals surface area contributed by atoms with Crippen LogP contribution in [0.1, 0.15) is 25.6 Å².